The van der Waals surface area contributed by atoms with Gasteiger partial charge in [-0.05, 0) is 49.5 Å². The molecule has 0 unspecified atom stereocenters. The Labute approximate surface area is 144 Å². The van der Waals surface area contributed by atoms with E-state index >= 15 is 0 Å². The lowest BCUT2D eigenvalue weighted by Gasteiger charge is -2.31. The summed E-state index contributed by atoms with van der Waals surface area (Å²) in [6.07, 6.45) is 5.23. The van der Waals surface area contributed by atoms with E-state index in [2.05, 4.69) is 20.2 Å². The van der Waals surface area contributed by atoms with E-state index in [1.807, 2.05) is 12.1 Å². The number of carbonyl (C=O) groups is 1. The number of rotatable bonds is 6. The van der Waals surface area contributed by atoms with Gasteiger partial charge in [-0.15, -0.1) is 0 Å². The molecule has 0 atom stereocenters. The molecule has 3 rings (SSSR count). The number of carboxylic acid groups (broad SMARTS) is 1. The number of pyridine rings is 1. The van der Waals surface area contributed by atoms with E-state index in [-0.39, 0.29) is 11.5 Å². The molecule has 1 aliphatic rings. The minimum atomic E-state index is -0.975. The van der Waals surface area contributed by atoms with Crippen LogP contribution in [0, 0.1) is 0 Å². The summed E-state index contributed by atoms with van der Waals surface area (Å²) < 4.78 is 0. The van der Waals surface area contributed by atoms with Crippen LogP contribution in [-0.4, -0.2) is 57.3 Å². The van der Waals surface area contributed by atoms with Crippen molar-refractivity contribution in [3.8, 4) is 0 Å². The highest BCUT2D eigenvalue weighted by Crippen LogP contribution is 2.30. The molecular weight excluding hydrogens is 328 g/mol. The summed E-state index contributed by atoms with van der Waals surface area (Å²) >= 11 is 1.09. The smallest absolute Gasteiger partial charge is 0.347 e. The van der Waals surface area contributed by atoms with E-state index in [9.17, 15) is 4.79 Å². The highest BCUT2D eigenvalue weighted by atomic mass is 32.1. The third kappa shape index (κ3) is 4.08. The third-order valence-corrected chi connectivity index (χ3v) is 5.11. The van der Waals surface area contributed by atoms with Gasteiger partial charge in [-0.2, -0.15) is 0 Å². The van der Waals surface area contributed by atoms with Crippen molar-refractivity contribution in [1.82, 2.24) is 14.9 Å². The van der Waals surface area contributed by atoms with Crippen LogP contribution in [0.3, 0.4) is 0 Å². The monoisotopic (exact) mass is 348 g/mol. The Kier molecular flexibility index (Phi) is 5.39. The van der Waals surface area contributed by atoms with Crippen molar-refractivity contribution in [3.05, 3.63) is 35.0 Å². The number of anilines is 2. The molecule has 8 heteroatoms. The summed E-state index contributed by atoms with van der Waals surface area (Å²) in [6.45, 7) is 2.93. The molecule has 1 aliphatic heterocycles. The Balaban J connectivity index is 1.65. The number of nitrogens with zero attached hydrogens (tertiary/aromatic N) is 3. The second-order valence-electron chi connectivity index (χ2n) is 5.77. The van der Waals surface area contributed by atoms with Gasteiger partial charge in [-0.1, -0.05) is 11.3 Å². The topological polar surface area (TPSA) is 98.6 Å². The minimum Gasteiger partial charge on any atom is -0.477 e. The van der Waals surface area contributed by atoms with Crippen molar-refractivity contribution in [2.24, 2.45) is 0 Å². The number of nitrogens with one attached hydrogen (secondary N) is 1. The van der Waals surface area contributed by atoms with Crippen molar-refractivity contribution in [3.63, 3.8) is 0 Å². The van der Waals surface area contributed by atoms with Crippen molar-refractivity contribution in [2.75, 3.05) is 31.6 Å². The first kappa shape index (κ1) is 16.8. The zero-order valence-electron chi connectivity index (χ0n) is 13.2. The van der Waals surface area contributed by atoms with Crippen molar-refractivity contribution >= 4 is 28.3 Å². The Morgan fingerprint density at radius 1 is 1.38 bits per heavy atom. The lowest BCUT2D eigenvalue weighted by Crippen LogP contribution is -2.34. The first-order valence-electron chi connectivity index (χ1n) is 7.91. The van der Waals surface area contributed by atoms with Crippen LogP contribution in [0.15, 0.2) is 24.5 Å². The molecule has 3 N–H and O–H groups in total. The predicted molar refractivity (Wildman–Crippen MR) is 92.1 cm³/mol. The zero-order valence-corrected chi connectivity index (χ0v) is 14.0. The number of aliphatic hydroxyl groups excluding tert-OH is 1. The number of hydrogen-bond donors (Lipinski definition) is 3. The number of aliphatic hydroxyl groups is 1. The SMILES string of the molecule is O=C(O)c1cnc(Nc2cc(C3CCN(CCO)CC3)ccn2)s1. The van der Waals surface area contributed by atoms with Gasteiger partial charge in [-0.3, -0.25) is 0 Å². The van der Waals surface area contributed by atoms with E-state index < -0.39 is 5.97 Å². The van der Waals surface area contributed by atoms with E-state index in [1.54, 1.807) is 6.20 Å². The molecular formula is C16H20N4O3S. The van der Waals surface area contributed by atoms with Crippen molar-refractivity contribution in [2.45, 2.75) is 18.8 Å². The van der Waals surface area contributed by atoms with Crippen LogP contribution >= 0.6 is 11.3 Å². The van der Waals surface area contributed by atoms with Gasteiger partial charge in [0.05, 0.1) is 12.8 Å². The van der Waals surface area contributed by atoms with Gasteiger partial charge < -0.3 is 20.4 Å². The van der Waals surface area contributed by atoms with Crippen LogP contribution in [0.25, 0.3) is 0 Å². The molecule has 0 bridgehead atoms. The van der Waals surface area contributed by atoms with E-state index in [4.69, 9.17) is 10.2 Å². The number of β-amino-alcohol motifs (C(OH)–C–C–N with tert-alkyl or cyclic N) is 1. The second kappa shape index (κ2) is 7.69. The molecule has 0 radical (unpaired) electrons. The fourth-order valence-electron chi connectivity index (χ4n) is 2.94. The van der Waals surface area contributed by atoms with Crippen LogP contribution in [0.4, 0.5) is 10.9 Å². The Bertz CT molecular complexity index is 698. The summed E-state index contributed by atoms with van der Waals surface area (Å²) in [5.41, 5.74) is 1.23. The quantitative estimate of drug-likeness (QED) is 0.735. The highest BCUT2D eigenvalue weighted by Gasteiger charge is 2.20. The molecule has 2 aromatic rings. The molecule has 1 fully saturated rings. The fraction of sp³-hybridized carbons (Fsp3) is 0.438. The lowest BCUT2D eigenvalue weighted by atomic mass is 9.90. The summed E-state index contributed by atoms with van der Waals surface area (Å²) in [6, 6.07) is 4.04. The van der Waals surface area contributed by atoms with E-state index in [0.717, 1.165) is 43.8 Å². The molecule has 0 amide bonds. The lowest BCUT2D eigenvalue weighted by molar-refractivity contribution is 0.0702. The maximum atomic E-state index is 10.9. The molecule has 0 aromatic carbocycles. The minimum absolute atomic E-state index is 0.199. The standard InChI is InChI=1S/C16H20N4O3S/c21-8-7-20-5-2-11(3-6-20)12-1-4-17-14(9-12)19-16-18-10-13(24-16)15(22)23/h1,4,9-11,21H,2-3,5-8H2,(H,22,23)(H,17,18,19). The van der Waals surface area contributed by atoms with E-state index in [0.29, 0.717) is 16.9 Å². The van der Waals surface area contributed by atoms with Crippen LogP contribution in [-0.2, 0) is 0 Å². The van der Waals surface area contributed by atoms with Crippen molar-refractivity contribution in [1.29, 1.82) is 0 Å². The summed E-state index contributed by atoms with van der Waals surface area (Å²) in [4.78, 5) is 21.7. The molecule has 1 saturated heterocycles. The van der Waals surface area contributed by atoms with Crippen molar-refractivity contribution < 1.29 is 15.0 Å². The first-order valence-corrected chi connectivity index (χ1v) is 8.72. The predicted octanol–water partition coefficient (Wildman–Crippen LogP) is 2.15. The maximum Gasteiger partial charge on any atom is 0.347 e. The highest BCUT2D eigenvalue weighted by molar-refractivity contribution is 7.17. The zero-order chi connectivity index (χ0) is 16.9. The van der Waals surface area contributed by atoms with Crippen LogP contribution in [0.2, 0.25) is 0 Å². The van der Waals surface area contributed by atoms with Gasteiger partial charge in [0, 0.05) is 12.7 Å². The molecule has 0 spiro atoms. The van der Waals surface area contributed by atoms with Crippen LogP contribution in [0.1, 0.15) is 34.0 Å². The van der Waals surface area contributed by atoms with Gasteiger partial charge in [-0.25, -0.2) is 14.8 Å². The third-order valence-electron chi connectivity index (χ3n) is 4.21. The number of likely N-dealkylation sites (tertiary alicyclic amines) is 1. The average Bonchev–Trinajstić information content (AvgIpc) is 3.05. The van der Waals surface area contributed by atoms with Gasteiger partial charge >= 0.3 is 5.97 Å². The largest absolute Gasteiger partial charge is 0.477 e. The number of piperidine rings is 1. The van der Waals surface area contributed by atoms with Crippen LogP contribution < -0.4 is 5.32 Å². The Morgan fingerprint density at radius 2 is 2.17 bits per heavy atom. The van der Waals surface area contributed by atoms with Gasteiger partial charge in [0.15, 0.2) is 5.13 Å². The number of aromatic nitrogens is 2. The fourth-order valence-corrected chi connectivity index (χ4v) is 3.60. The molecule has 0 saturated carbocycles. The van der Waals surface area contributed by atoms with Gasteiger partial charge in [0.2, 0.25) is 0 Å². The summed E-state index contributed by atoms with van der Waals surface area (Å²) in [7, 11) is 0. The number of thiazole rings is 1. The molecule has 24 heavy (non-hydrogen) atoms. The maximum absolute atomic E-state index is 10.9. The van der Waals surface area contributed by atoms with E-state index in [1.165, 1.54) is 11.8 Å². The molecule has 128 valence electrons. The van der Waals surface area contributed by atoms with Gasteiger partial charge in [0.1, 0.15) is 10.7 Å². The molecule has 3 heterocycles. The molecule has 7 nitrogen and oxygen atoms in total. The van der Waals surface area contributed by atoms with Gasteiger partial charge in [0.25, 0.3) is 0 Å². The Morgan fingerprint density at radius 3 is 2.83 bits per heavy atom. The van der Waals surface area contributed by atoms with Crippen LogP contribution in [0.5, 0.6) is 0 Å². The second-order valence-corrected chi connectivity index (χ2v) is 6.80. The molecule has 0 aliphatic carbocycles. The number of aromatic carboxylic acids is 1. The normalized spacial score (nSPS) is 16.2. The summed E-state index contributed by atoms with van der Waals surface area (Å²) in [5.74, 6) is 0.183. The number of hydrogen-bond acceptors (Lipinski definition) is 7. The Hall–Kier alpha value is -2.03. The number of carboxylic acids is 1. The average molecular weight is 348 g/mol. The first-order chi connectivity index (χ1) is 11.7. The molecule has 2 aromatic heterocycles. The summed E-state index contributed by atoms with van der Waals surface area (Å²) in [5, 5.41) is 21.6.